The van der Waals surface area contributed by atoms with Gasteiger partial charge in [-0.05, 0) is 49.6 Å². The molecule has 0 aromatic heterocycles. The van der Waals surface area contributed by atoms with Crippen LogP contribution < -0.4 is 19.5 Å². The molecule has 7 heteroatoms. The molecule has 0 saturated heterocycles. The number of anilines is 1. The van der Waals surface area contributed by atoms with Crippen molar-refractivity contribution in [2.45, 2.75) is 32.1 Å². The summed E-state index contributed by atoms with van der Waals surface area (Å²) < 4.78 is 16.4. The van der Waals surface area contributed by atoms with Gasteiger partial charge in [0.15, 0.2) is 17.3 Å². The van der Waals surface area contributed by atoms with Crippen LogP contribution >= 0.6 is 0 Å². The second-order valence-electron chi connectivity index (χ2n) is 8.15. The van der Waals surface area contributed by atoms with E-state index in [-0.39, 0.29) is 18.5 Å². The number of hydrogen-bond donors (Lipinski definition) is 1. The number of para-hydroxylation sites is 2. The molecule has 7 nitrogen and oxygen atoms in total. The zero-order valence-electron chi connectivity index (χ0n) is 18.0. The average molecular weight is 432 g/mol. The minimum absolute atomic E-state index is 0.0558. The Kier molecular flexibility index (Phi) is 5.17. The van der Waals surface area contributed by atoms with E-state index in [1.807, 2.05) is 37.3 Å². The van der Waals surface area contributed by atoms with E-state index in [1.165, 1.54) is 0 Å². The molecule has 2 aromatic rings. The topological polar surface area (TPSA) is 86.2 Å². The van der Waals surface area contributed by atoms with Crippen molar-refractivity contribution in [1.82, 2.24) is 0 Å². The Morgan fingerprint density at radius 3 is 2.78 bits per heavy atom. The number of carbonyl (C=O) groups excluding carboxylic acids is 2. The van der Waals surface area contributed by atoms with Crippen LogP contribution in [0.1, 0.15) is 37.7 Å². The number of benzene rings is 2. The lowest BCUT2D eigenvalue weighted by atomic mass is 9.71. The van der Waals surface area contributed by atoms with Crippen LogP contribution in [0.15, 0.2) is 58.7 Å². The standard InChI is InChI=1S/C25H24N2O5/c1-14-22(25(29)27-16-6-3-4-9-19(16)30-2)23(24-17(26-14)7-5-8-18(24)28)15-10-11-20-21(12-15)32-13-31-20/h3-4,6,9-12,22-23H,5,7-8,13H2,1-2H3,(H,27,29)/t22?,23-/m1/s1. The van der Waals surface area contributed by atoms with E-state index in [1.54, 1.807) is 19.2 Å². The van der Waals surface area contributed by atoms with Gasteiger partial charge in [0.1, 0.15) is 5.75 Å². The number of allylic oxidation sites excluding steroid dienone is 2. The van der Waals surface area contributed by atoms with Crippen LogP contribution in [0.2, 0.25) is 0 Å². The molecular formula is C25H24N2O5. The van der Waals surface area contributed by atoms with Gasteiger partial charge in [-0.15, -0.1) is 0 Å². The van der Waals surface area contributed by atoms with Crippen LogP contribution in [0.3, 0.4) is 0 Å². The third-order valence-electron chi connectivity index (χ3n) is 6.24. The van der Waals surface area contributed by atoms with E-state index in [0.29, 0.717) is 40.6 Å². The molecule has 5 rings (SSSR count). The summed E-state index contributed by atoms with van der Waals surface area (Å²) in [5.41, 5.74) is 3.54. The van der Waals surface area contributed by atoms with Crippen LogP contribution in [0.5, 0.6) is 17.2 Å². The highest BCUT2D eigenvalue weighted by atomic mass is 16.7. The SMILES string of the molecule is COc1ccccc1NC(=O)C1C(C)=NC2=C(C(=O)CCC2)[C@@H]1c1ccc2c(c1)OCO2. The maximum absolute atomic E-state index is 13.6. The van der Waals surface area contributed by atoms with Gasteiger partial charge in [0, 0.05) is 29.3 Å². The molecule has 32 heavy (non-hydrogen) atoms. The number of rotatable bonds is 4. The molecule has 2 aromatic carbocycles. The number of hydrogen-bond acceptors (Lipinski definition) is 6. The number of Topliss-reactive ketones (excluding diaryl/α,β-unsaturated/α-hetero) is 1. The van der Waals surface area contributed by atoms with Crippen molar-refractivity contribution in [3.63, 3.8) is 0 Å². The van der Waals surface area contributed by atoms with Gasteiger partial charge in [0.25, 0.3) is 0 Å². The molecule has 2 aliphatic heterocycles. The van der Waals surface area contributed by atoms with Crippen molar-refractivity contribution in [2.24, 2.45) is 10.9 Å². The summed E-state index contributed by atoms with van der Waals surface area (Å²) in [5, 5.41) is 2.99. The smallest absolute Gasteiger partial charge is 0.234 e. The van der Waals surface area contributed by atoms with Crippen LogP contribution in [-0.4, -0.2) is 31.3 Å². The van der Waals surface area contributed by atoms with Crippen molar-refractivity contribution >= 4 is 23.1 Å². The number of nitrogens with one attached hydrogen (secondary N) is 1. The number of ketones is 1. The van der Waals surface area contributed by atoms with Gasteiger partial charge in [-0.25, -0.2) is 0 Å². The fourth-order valence-corrected chi connectivity index (χ4v) is 4.77. The lowest BCUT2D eigenvalue weighted by molar-refractivity contribution is -0.119. The van der Waals surface area contributed by atoms with Gasteiger partial charge in [-0.2, -0.15) is 0 Å². The van der Waals surface area contributed by atoms with Gasteiger partial charge in [-0.1, -0.05) is 18.2 Å². The molecule has 3 aliphatic rings. The number of nitrogens with zero attached hydrogens (tertiary/aromatic N) is 1. The van der Waals surface area contributed by atoms with Gasteiger partial charge in [-0.3, -0.25) is 14.6 Å². The molecule has 1 aliphatic carbocycles. The van der Waals surface area contributed by atoms with Crippen molar-refractivity contribution < 1.29 is 23.8 Å². The third-order valence-corrected chi connectivity index (χ3v) is 6.24. The van der Waals surface area contributed by atoms with Gasteiger partial charge >= 0.3 is 0 Å². The molecule has 0 radical (unpaired) electrons. The van der Waals surface area contributed by atoms with E-state index in [4.69, 9.17) is 19.2 Å². The Morgan fingerprint density at radius 1 is 1.12 bits per heavy atom. The first-order valence-corrected chi connectivity index (χ1v) is 10.7. The molecule has 1 amide bonds. The molecule has 0 spiro atoms. The van der Waals surface area contributed by atoms with Crippen LogP contribution in [0.25, 0.3) is 0 Å². The van der Waals surface area contributed by atoms with Gasteiger partial charge in [0.05, 0.1) is 18.7 Å². The summed E-state index contributed by atoms with van der Waals surface area (Å²) in [5.74, 6) is 0.592. The zero-order chi connectivity index (χ0) is 22.2. The molecule has 0 fully saturated rings. The zero-order valence-corrected chi connectivity index (χ0v) is 18.0. The Morgan fingerprint density at radius 2 is 1.94 bits per heavy atom. The number of amides is 1. The highest BCUT2D eigenvalue weighted by molar-refractivity contribution is 6.13. The average Bonchev–Trinajstić information content (AvgIpc) is 3.26. The molecule has 164 valence electrons. The second kappa shape index (κ2) is 8.15. The normalized spacial score (nSPS) is 21.7. The number of methoxy groups -OCH3 is 1. The molecule has 0 saturated carbocycles. The predicted molar refractivity (Wildman–Crippen MR) is 119 cm³/mol. The highest BCUT2D eigenvalue weighted by Gasteiger charge is 2.42. The number of carbonyl (C=O) groups is 2. The first kappa shape index (κ1) is 20.3. The van der Waals surface area contributed by atoms with Crippen molar-refractivity contribution in [2.75, 3.05) is 19.2 Å². The summed E-state index contributed by atoms with van der Waals surface area (Å²) in [6, 6.07) is 12.9. The minimum atomic E-state index is -0.638. The summed E-state index contributed by atoms with van der Waals surface area (Å²) in [7, 11) is 1.56. The molecule has 0 bridgehead atoms. The van der Waals surface area contributed by atoms with E-state index < -0.39 is 11.8 Å². The number of aliphatic imine (C=N–C) groups is 1. The Balaban J connectivity index is 1.58. The minimum Gasteiger partial charge on any atom is -0.495 e. The Hall–Kier alpha value is -3.61. The molecule has 1 N–H and O–H groups in total. The monoisotopic (exact) mass is 432 g/mol. The van der Waals surface area contributed by atoms with Crippen molar-refractivity contribution in [3.8, 4) is 17.2 Å². The summed E-state index contributed by atoms with van der Waals surface area (Å²) in [4.78, 5) is 31.4. The van der Waals surface area contributed by atoms with Crippen LogP contribution in [0, 0.1) is 5.92 Å². The van der Waals surface area contributed by atoms with E-state index in [0.717, 1.165) is 24.1 Å². The van der Waals surface area contributed by atoms with E-state index in [2.05, 4.69) is 5.32 Å². The quantitative estimate of drug-likeness (QED) is 0.781. The van der Waals surface area contributed by atoms with Crippen LogP contribution in [0.4, 0.5) is 5.69 Å². The summed E-state index contributed by atoms with van der Waals surface area (Å²) in [6.45, 7) is 2.02. The fraction of sp³-hybridized carbons (Fsp3) is 0.320. The van der Waals surface area contributed by atoms with Gasteiger partial charge < -0.3 is 19.5 Å². The number of fused-ring (bicyclic) bond motifs is 1. The lowest BCUT2D eigenvalue weighted by Crippen LogP contribution is -2.39. The first-order chi connectivity index (χ1) is 15.6. The Labute approximate surface area is 186 Å². The summed E-state index contributed by atoms with van der Waals surface area (Å²) >= 11 is 0. The first-order valence-electron chi connectivity index (χ1n) is 10.7. The molecular weight excluding hydrogens is 408 g/mol. The third kappa shape index (κ3) is 3.43. The van der Waals surface area contributed by atoms with Crippen molar-refractivity contribution in [3.05, 3.63) is 59.3 Å². The predicted octanol–water partition coefficient (Wildman–Crippen LogP) is 4.24. The second-order valence-corrected chi connectivity index (χ2v) is 8.15. The lowest BCUT2D eigenvalue weighted by Gasteiger charge is -2.35. The van der Waals surface area contributed by atoms with E-state index >= 15 is 0 Å². The molecule has 2 atom stereocenters. The summed E-state index contributed by atoms with van der Waals surface area (Å²) in [6.07, 6.45) is 1.98. The highest BCUT2D eigenvalue weighted by Crippen LogP contribution is 2.46. The van der Waals surface area contributed by atoms with E-state index in [9.17, 15) is 9.59 Å². The van der Waals surface area contributed by atoms with Gasteiger partial charge in [0.2, 0.25) is 12.7 Å². The largest absolute Gasteiger partial charge is 0.495 e. The maximum Gasteiger partial charge on any atom is 0.234 e. The number of ether oxygens (including phenoxy) is 3. The Bertz CT molecular complexity index is 1170. The molecule has 1 unspecified atom stereocenters. The maximum atomic E-state index is 13.6. The fourth-order valence-electron chi connectivity index (χ4n) is 4.77. The van der Waals surface area contributed by atoms with Crippen molar-refractivity contribution in [1.29, 1.82) is 0 Å². The molecule has 2 heterocycles. The van der Waals surface area contributed by atoms with Crippen LogP contribution in [-0.2, 0) is 9.59 Å².